The first-order valence-electron chi connectivity index (χ1n) is 6.86. The normalized spacial score (nSPS) is 24.6. The Labute approximate surface area is 113 Å². The third-order valence-electron chi connectivity index (χ3n) is 3.78. The van der Waals surface area contributed by atoms with E-state index in [1.165, 1.54) is 0 Å². The van der Waals surface area contributed by atoms with Gasteiger partial charge in [-0.2, -0.15) is 0 Å². The maximum absolute atomic E-state index is 12.0. The van der Waals surface area contributed by atoms with Crippen LogP contribution in [0.3, 0.4) is 0 Å². The molecule has 1 aliphatic heterocycles. The number of nitrogens with zero attached hydrogens (tertiary/aromatic N) is 1. The SMILES string of the molecule is Cc1nc(C)c(C(C)NCC2(C)CCCO2)c(=O)[nH]1. The molecule has 0 aliphatic carbocycles. The molecule has 1 fully saturated rings. The van der Waals surface area contributed by atoms with E-state index in [1.54, 1.807) is 6.92 Å². The molecule has 0 aromatic carbocycles. The van der Waals surface area contributed by atoms with Gasteiger partial charge in [-0.05, 0) is 40.5 Å². The minimum atomic E-state index is -0.104. The van der Waals surface area contributed by atoms with Crippen molar-refractivity contribution >= 4 is 0 Å². The number of nitrogens with one attached hydrogen (secondary N) is 2. The molecule has 106 valence electrons. The molecule has 2 heterocycles. The number of aromatic amines is 1. The summed E-state index contributed by atoms with van der Waals surface area (Å²) in [5.41, 5.74) is 1.35. The average Bonchev–Trinajstić information content (AvgIpc) is 2.73. The molecule has 0 amide bonds. The van der Waals surface area contributed by atoms with Crippen molar-refractivity contribution < 1.29 is 4.74 Å². The quantitative estimate of drug-likeness (QED) is 0.868. The molecule has 2 N–H and O–H groups in total. The Bertz CT molecular complexity index is 504. The van der Waals surface area contributed by atoms with Crippen LogP contribution in [0.1, 0.15) is 49.8 Å². The van der Waals surface area contributed by atoms with Crippen LogP contribution in [-0.2, 0) is 4.74 Å². The topological polar surface area (TPSA) is 67.0 Å². The Morgan fingerprint density at radius 3 is 2.84 bits per heavy atom. The van der Waals surface area contributed by atoms with Gasteiger partial charge in [-0.1, -0.05) is 0 Å². The van der Waals surface area contributed by atoms with Crippen molar-refractivity contribution in [1.29, 1.82) is 0 Å². The number of H-pyrrole nitrogens is 1. The highest BCUT2D eigenvalue weighted by Crippen LogP contribution is 2.25. The first-order chi connectivity index (χ1) is 8.91. The zero-order valence-corrected chi connectivity index (χ0v) is 12.2. The molecular formula is C14H23N3O2. The number of hydrogen-bond acceptors (Lipinski definition) is 4. The molecule has 1 aliphatic rings. The van der Waals surface area contributed by atoms with Crippen LogP contribution in [0.2, 0.25) is 0 Å². The maximum Gasteiger partial charge on any atom is 0.255 e. The number of aryl methyl sites for hydroxylation is 2. The van der Waals surface area contributed by atoms with Gasteiger partial charge in [0.05, 0.1) is 11.2 Å². The summed E-state index contributed by atoms with van der Waals surface area (Å²) in [5.74, 6) is 0.657. The van der Waals surface area contributed by atoms with Gasteiger partial charge in [-0.3, -0.25) is 4.79 Å². The molecule has 1 aromatic rings. The third kappa shape index (κ3) is 3.22. The van der Waals surface area contributed by atoms with Crippen LogP contribution in [-0.4, -0.2) is 28.7 Å². The standard InChI is InChI=1S/C14H23N3O2/c1-9(15-8-14(4)6-5-7-19-14)12-10(2)16-11(3)17-13(12)18/h9,15H,5-8H2,1-4H3,(H,16,17,18). The first-order valence-corrected chi connectivity index (χ1v) is 6.86. The molecule has 2 rings (SSSR count). The lowest BCUT2D eigenvalue weighted by Crippen LogP contribution is -2.39. The summed E-state index contributed by atoms with van der Waals surface area (Å²) in [7, 11) is 0. The van der Waals surface area contributed by atoms with Gasteiger partial charge < -0.3 is 15.0 Å². The van der Waals surface area contributed by atoms with Gasteiger partial charge in [0.2, 0.25) is 0 Å². The summed E-state index contributed by atoms with van der Waals surface area (Å²) in [6, 6.07) is -0.0297. The molecule has 5 heteroatoms. The van der Waals surface area contributed by atoms with Crippen LogP contribution in [0.15, 0.2) is 4.79 Å². The average molecular weight is 265 g/mol. The Balaban J connectivity index is 2.08. The lowest BCUT2D eigenvalue weighted by molar-refractivity contribution is 0.0190. The van der Waals surface area contributed by atoms with Crippen LogP contribution in [0.4, 0.5) is 0 Å². The van der Waals surface area contributed by atoms with Gasteiger partial charge in [0.15, 0.2) is 0 Å². The highest BCUT2D eigenvalue weighted by Gasteiger charge is 2.30. The Kier molecular flexibility index (Phi) is 4.06. The van der Waals surface area contributed by atoms with E-state index >= 15 is 0 Å². The first kappa shape index (κ1) is 14.2. The number of ether oxygens (including phenoxy) is 1. The highest BCUT2D eigenvalue weighted by molar-refractivity contribution is 5.20. The fourth-order valence-electron chi connectivity index (χ4n) is 2.69. The summed E-state index contributed by atoms with van der Waals surface area (Å²) in [4.78, 5) is 19.1. The van der Waals surface area contributed by atoms with E-state index in [9.17, 15) is 4.79 Å². The van der Waals surface area contributed by atoms with Crippen molar-refractivity contribution in [2.45, 2.75) is 52.2 Å². The second kappa shape index (κ2) is 5.43. The zero-order chi connectivity index (χ0) is 14.0. The van der Waals surface area contributed by atoms with Crippen molar-refractivity contribution in [3.8, 4) is 0 Å². The molecule has 2 atom stereocenters. The fourth-order valence-corrected chi connectivity index (χ4v) is 2.69. The Hall–Kier alpha value is -1.20. The molecular weight excluding hydrogens is 242 g/mol. The minimum absolute atomic E-state index is 0.0297. The van der Waals surface area contributed by atoms with Crippen molar-refractivity contribution in [1.82, 2.24) is 15.3 Å². The zero-order valence-electron chi connectivity index (χ0n) is 12.2. The Morgan fingerprint density at radius 2 is 2.26 bits per heavy atom. The maximum atomic E-state index is 12.0. The van der Waals surface area contributed by atoms with Crippen LogP contribution >= 0.6 is 0 Å². The molecule has 1 aromatic heterocycles. The summed E-state index contributed by atoms with van der Waals surface area (Å²) in [6.07, 6.45) is 2.17. The predicted molar refractivity (Wildman–Crippen MR) is 74.3 cm³/mol. The van der Waals surface area contributed by atoms with E-state index in [4.69, 9.17) is 4.74 Å². The van der Waals surface area contributed by atoms with E-state index in [0.717, 1.165) is 31.7 Å². The van der Waals surface area contributed by atoms with Gasteiger partial charge in [-0.15, -0.1) is 0 Å². The molecule has 1 saturated heterocycles. The van der Waals surface area contributed by atoms with E-state index in [2.05, 4.69) is 22.2 Å². The van der Waals surface area contributed by atoms with Crippen LogP contribution in [0.25, 0.3) is 0 Å². The number of hydrogen-bond donors (Lipinski definition) is 2. The molecule has 0 saturated carbocycles. The van der Waals surface area contributed by atoms with Gasteiger partial charge in [-0.25, -0.2) is 4.98 Å². The van der Waals surface area contributed by atoms with Crippen molar-refractivity contribution in [2.75, 3.05) is 13.2 Å². The van der Waals surface area contributed by atoms with E-state index < -0.39 is 0 Å². The minimum Gasteiger partial charge on any atom is -0.374 e. The lowest BCUT2D eigenvalue weighted by atomic mass is 10.0. The number of rotatable bonds is 4. The van der Waals surface area contributed by atoms with Gasteiger partial charge in [0, 0.05) is 24.9 Å². The molecule has 0 bridgehead atoms. The summed E-state index contributed by atoms with van der Waals surface area (Å²) >= 11 is 0. The van der Waals surface area contributed by atoms with Crippen LogP contribution < -0.4 is 10.9 Å². The predicted octanol–water partition coefficient (Wildman–Crippen LogP) is 1.61. The van der Waals surface area contributed by atoms with Crippen LogP contribution in [0.5, 0.6) is 0 Å². The van der Waals surface area contributed by atoms with E-state index in [0.29, 0.717) is 11.4 Å². The largest absolute Gasteiger partial charge is 0.374 e. The summed E-state index contributed by atoms with van der Waals surface area (Å²) in [5, 5.41) is 3.40. The summed E-state index contributed by atoms with van der Waals surface area (Å²) in [6.45, 7) is 9.36. The van der Waals surface area contributed by atoms with Gasteiger partial charge >= 0.3 is 0 Å². The molecule has 0 spiro atoms. The number of aromatic nitrogens is 2. The van der Waals surface area contributed by atoms with Gasteiger partial charge in [0.1, 0.15) is 5.82 Å². The third-order valence-corrected chi connectivity index (χ3v) is 3.78. The van der Waals surface area contributed by atoms with Crippen molar-refractivity contribution in [2.24, 2.45) is 0 Å². The fraction of sp³-hybridized carbons (Fsp3) is 0.714. The van der Waals surface area contributed by atoms with Crippen molar-refractivity contribution in [3.05, 3.63) is 27.4 Å². The smallest absolute Gasteiger partial charge is 0.255 e. The van der Waals surface area contributed by atoms with Gasteiger partial charge in [0.25, 0.3) is 5.56 Å². The molecule has 0 radical (unpaired) electrons. The van der Waals surface area contributed by atoms with Crippen molar-refractivity contribution in [3.63, 3.8) is 0 Å². The molecule has 2 unspecified atom stereocenters. The van der Waals surface area contributed by atoms with E-state index in [-0.39, 0.29) is 17.2 Å². The monoisotopic (exact) mass is 265 g/mol. The highest BCUT2D eigenvalue weighted by atomic mass is 16.5. The van der Waals surface area contributed by atoms with Crippen LogP contribution in [0, 0.1) is 13.8 Å². The Morgan fingerprint density at radius 1 is 1.53 bits per heavy atom. The molecule has 19 heavy (non-hydrogen) atoms. The van der Waals surface area contributed by atoms with E-state index in [1.807, 2.05) is 13.8 Å². The lowest BCUT2D eigenvalue weighted by Gasteiger charge is -2.26. The second-order valence-corrected chi connectivity index (χ2v) is 5.65. The molecule has 5 nitrogen and oxygen atoms in total. The summed E-state index contributed by atoms with van der Waals surface area (Å²) < 4.78 is 5.74. The second-order valence-electron chi connectivity index (χ2n) is 5.65.